The van der Waals surface area contributed by atoms with Gasteiger partial charge in [0.1, 0.15) is 17.3 Å². The molecule has 1 aromatic heterocycles. The van der Waals surface area contributed by atoms with Crippen molar-refractivity contribution in [2.75, 3.05) is 7.11 Å². The van der Waals surface area contributed by atoms with Gasteiger partial charge in [-0.25, -0.2) is 5.43 Å². The zero-order valence-corrected chi connectivity index (χ0v) is 11.8. The van der Waals surface area contributed by atoms with Crippen molar-refractivity contribution in [3.05, 3.63) is 52.5 Å². The first kappa shape index (κ1) is 13.6. The average Bonchev–Trinajstić information content (AvgIpc) is 2.71. The minimum atomic E-state index is -0.0802. The third-order valence-corrected chi connectivity index (χ3v) is 3.35. The molecule has 3 N–H and O–H groups in total. The van der Waals surface area contributed by atoms with Crippen LogP contribution in [0.5, 0.6) is 5.75 Å². The van der Waals surface area contributed by atoms with E-state index in [4.69, 9.17) is 15.0 Å². The minimum Gasteiger partial charge on any atom is -0.497 e. The van der Waals surface area contributed by atoms with E-state index >= 15 is 0 Å². The molecule has 0 spiro atoms. The molecule has 0 amide bonds. The van der Waals surface area contributed by atoms with Gasteiger partial charge in [0.15, 0.2) is 0 Å². The fraction of sp³-hybridized carbons (Fsp3) is 0.333. The lowest BCUT2D eigenvalue weighted by molar-refractivity contribution is 0.414. The Labute approximate surface area is 113 Å². The van der Waals surface area contributed by atoms with Crippen LogP contribution in [0.1, 0.15) is 34.3 Å². The quantitative estimate of drug-likeness (QED) is 0.655. The van der Waals surface area contributed by atoms with Crippen LogP contribution in [-0.4, -0.2) is 7.11 Å². The summed E-state index contributed by atoms with van der Waals surface area (Å²) in [4.78, 5) is 0. The van der Waals surface area contributed by atoms with Gasteiger partial charge < -0.3 is 9.15 Å². The third-order valence-electron chi connectivity index (χ3n) is 3.35. The third kappa shape index (κ3) is 2.64. The van der Waals surface area contributed by atoms with Gasteiger partial charge in [0, 0.05) is 5.56 Å². The molecule has 0 bridgehead atoms. The molecular formula is C15H20N2O2. The minimum absolute atomic E-state index is 0.0802. The van der Waals surface area contributed by atoms with Crippen molar-refractivity contribution in [1.29, 1.82) is 0 Å². The molecule has 0 aliphatic rings. The molecule has 1 atom stereocenters. The topological polar surface area (TPSA) is 60.4 Å². The molecule has 0 saturated heterocycles. The van der Waals surface area contributed by atoms with Crippen LogP contribution in [0.2, 0.25) is 0 Å². The van der Waals surface area contributed by atoms with E-state index in [1.54, 1.807) is 7.11 Å². The number of furan rings is 1. The number of nitrogens with two attached hydrogens (primary N) is 1. The SMILES string of the molecule is COc1ccc(C(NN)c2cc(C)oc2C)c(C)c1. The summed E-state index contributed by atoms with van der Waals surface area (Å²) >= 11 is 0. The van der Waals surface area contributed by atoms with Crippen LogP contribution in [0.15, 0.2) is 28.7 Å². The smallest absolute Gasteiger partial charge is 0.119 e. The Morgan fingerprint density at radius 2 is 1.89 bits per heavy atom. The highest BCUT2D eigenvalue weighted by Crippen LogP contribution is 2.30. The van der Waals surface area contributed by atoms with Gasteiger partial charge in [-0.3, -0.25) is 5.84 Å². The summed E-state index contributed by atoms with van der Waals surface area (Å²) in [6, 6.07) is 7.91. The molecule has 19 heavy (non-hydrogen) atoms. The number of methoxy groups -OCH3 is 1. The molecule has 2 aromatic rings. The number of ether oxygens (including phenoxy) is 1. The Balaban J connectivity index is 2.45. The van der Waals surface area contributed by atoms with Gasteiger partial charge in [-0.1, -0.05) is 6.07 Å². The number of benzene rings is 1. The average molecular weight is 260 g/mol. The van der Waals surface area contributed by atoms with Gasteiger partial charge in [-0.05, 0) is 50.1 Å². The molecule has 0 saturated carbocycles. The highest BCUT2D eigenvalue weighted by Gasteiger charge is 2.19. The van der Waals surface area contributed by atoms with Crippen molar-refractivity contribution < 1.29 is 9.15 Å². The van der Waals surface area contributed by atoms with Crippen LogP contribution in [-0.2, 0) is 0 Å². The van der Waals surface area contributed by atoms with E-state index in [0.717, 1.165) is 34.0 Å². The predicted octanol–water partition coefficient (Wildman–Crippen LogP) is 2.77. The number of nitrogens with one attached hydrogen (secondary N) is 1. The van der Waals surface area contributed by atoms with Crippen molar-refractivity contribution >= 4 is 0 Å². The number of hydrogen-bond donors (Lipinski definition) is 2. The Morgan fingerprint density at radius 1 is 1.16 bits per heavy atom. The molecule has 1 heterocycles. The summed E-state index contributed by atoms with van der Waals surface area (Å²) in [7, 11) is 1.66. The lowest BCUT2D eigenvalue weighted by Gasteiger charge is -2.18. The lowest BCUT2D eigenvalue weighted by atomic mass is 9.95. The molecule has 102 valence electrons. The van der Waals surface area contributed by atoms with Crippen molar-refractivity contribution in [3.63, 3.8) is 0 Å². The van der Waals surface area contributed by atoms with Gasteiger partial charge in [0.25, 0.3) is 0 Å². The molecule has 0 aliphatic heterocycles. The Kier molecular flexibility index (Phi) is 3.93. The number of hydrogen-bond acceptors (Lipinski definition) is 4. The fourth-order valence-electron chi connectivity index (χ4n) is 2.38. The largest absolute Gasteiger partial charge is 0.497 e. The van der Waals surface area contributed by atoms with E-state index < -0.39 is 0 Å². The first-order chi connectivity index (χ1) is 9.06. The fourth-order valence-corrected chi connectivity index (χ4v) is 2.38. The van der Waals surface area contributed by atoms with Crippen LogP contribution in [0.3, 0.4) is 0 Å². The summed E-state index contributed by atoms with van der Waals surface area (Å²) in [6.45, 7) is 5.93. The molecule has 4 nitrogen and oxygen atoms in total. The molecule has 1 unspecified atom stereocenters. The Hall–Kier alpha value is -1.78. The first-order valence-electron chi connectivity index (χ1n) is 6.24. The summed E-state index contributed by atoms with van der Waals surface area (Å²) in [5, 5.41) is 0. The summed E-state index contributed by atoms with van der Waals surface area (Å²) in [6.07, 6.45) is 0. The molecule has 4 heteroatoms. The zero-order valence-electron chi connectivity index (χ0n) is 11.8. The Morgan fingerprint density at radius 3 is 2.37 bits per heavy atom. The van der Waals surface area contributed by atoms with Gasteiger partial charge >= 0.3 is 0 Å². The monoisotopic (exact) mass is 260 g/mol. The van der Waals surface area contributed by atoms with Gasteiger partial charge in [0.05, 0.1) is 13.2 Å². The van der Waals surface area contributed by atoms with Crippen molar-refractivity contribution in [2.24, 2.45) is 5.84 Å². The van der Waals surface area contributed by atoms with E-state index in [1.165, 1.54) is 0 Å². The van der Waals surface area contributed by atoms with Crippen LogP contribution in [0.25, 0.3) is 0 Å². The summed E-state index contributed by atoms with van der Waals surface area (Å²) in [5.41, 5.74) is 6.17. The van der Waals surface area contributed by atoms with Crippen LogP contribution in [0.4, 0.5) is 0 Å². The molecule has 0 aliphatic carbocycles. The van der Waals surface area contributed by atoms with Crippen molar-refractivity contribution in [3.8, 4) is 5.75 Å². The van der Waals surface area contributed by atoms with Gasteiger partial charge in [-0.15, -0.1) is 0 Å². The van der Waals surface area contributed by atoms with Crippen LogP contribution < -0.4 is 16.0 Å². The van der Waals surface area contributed by atoms with E-state index in [9.17, 15) is 0 Å². The maximum Gasteiger partial charge on any atom is 0.119 e. The second-order valence-corrected chi connectivity index (χ2v) is 4.69. The van der Waals surface area contributed by atoms with Crippen LogP contribution >= 0.6 is 0 Å². The van der Waals surface area contributed by atoms with Crippen molar-refractivity contribution in [1.82, 2.24) is 5.43 Å². The zero-order chi connectivity index (χ0) is 14.0. The second kappa shape index (κ2) is 5.47. The van der Waals surface area contributed by atoms with E-state index in [2.05, 4.69) is 5.43 Å². The molecule has 0 fully saturated rings. The molecular weight excluding hydrogens is 240 g/mol. The van der Waals surface area contributed by atoms with E-state index in [1.807, 2.05) is 45.0 Å². The van der Waals surface area contributed by atoms with Crippen LogP contribution in [0, 0.1) is 20.8 Å². The predicted molar refractivity (Wildman–Crippen MR) is 75.1 cm³/mol. The van der Waals surface area contributed by atoms with Gasteiger partial charge in [0.2, 0.25) is 0 Å². The van der Waals surface area contributed by atoms with Crippen molar-refractivity contribution in [2.45, 2.75) is 26.8 Å². The maximum absolute atomic E-state index is 5.73. The number of rotatable bonds is 4. The molecule has 0 radical (unpaired) electrons. The molecule has 2 rings (SSSR count). The maximum atomic E-state index is 5.73. The first-order valence-corrected chi connectivity index (χ1v) is 6.24. The molecule has 1 aromatic carbocycles. The Bertz CT molecular complexity index is 576. The van der Waals surface area contributed by atoms with E-state index in [-0.39, 0.29) is 6.04 Å². The number of hydrazine groups is 1. The second-order valence-electron chi connectivity index (χ2n) is 4.69. The highest BCUT2D eigenvalue weighted by atomic mass is 16.5. The van der Waals surface area contributed by atoms with E-state index in [0.29, 0.717) is 0 Å². The number of aryl methyl sites for hydroxylation is 3. The summed E-state index contributed by atoms with van der Waals surface area (Å²) in [5.74, 6) is 8.35. The summed E-state index contributed by atoms with van der Waals surface area (Å²) < 4.78 is 10.8. The normalized spacial score (nSPS) is 12.5. The van der Waals surface area contributed by atoms with Gasteiger partial charge in [-0.2, -0.15) is 0 Å². The highest BCUT2D eigenvalue weighted by molar-refractivity contribution is 5.42. The lowest BCUT2D eigenvalue weighted by Crippen LogP contribution is -2.29. The standard InChI is InChI=1S/C15H20N2O2/c1-9-7-12(18-4)5-6-13(9)15(17-16)14-8-10(2)19-11(14)3/h5-8,15,17H,16H2,1-4H3.